The smallest absolute Gasteiger partial charge is 0.306 e. The van der Waals surface area contributed by atoms with Crippen molar-refractivity contribution in [3.63, 3.8) is 0 Å². The minimum Gasteiger partial charge on any atom is -0.507 e. The van der Waals surface area contributed by atoms with Crippen LogP contribution in [-0.4, -0.2) is 29.4 Å². The third kappa shape index (κ3) is 5.82. The van der Waals surface area contributed by atoms with Gasteiger partial charge >= 0.3 is 5.97 Å². The van der Waals surface area contributed by atoms with E-state index in [1.807, 2.05) is 12.1 Å². The molecule has 1 aromatic carbocycles. The van der Waals surface area contributed by atoms with E-state index in [4.69, 9.17) is 9.84 Å². The van der Waals surface area contributed by atoms with Gasteiger partial charge in [-0.2, -0.15) is 0 Å². The number of ether oxygens (including phenoxy) is 1. The Morgan fingerprint density at radius 1 is 1.04 bits per heavy atom. The van der Waals surface area contributed by atoms with E-state index in [1.165, 1.54) is 0 Å². The van der Waals surface area contributed by atoms with Crippen LogP contribution in [0.1, 0.15) is 71.1 Å². The fourth-order valence-electron chi connectivity index (χ4n) is 2.55. The van der Waals surface area contributed by atoms with Crippen molar-refractivity contribution in [1.82, 2.24) is 0 Å². The van der Waals surface area contributed by atoms with Gasteiger partial charge in [-0.15, -0.1) is 0 Å². The van der Waals surface area contributed by atoms with Gasteiger partial charge in [0.1, 0.15) is 5.75 Å². The topological polar surface area (TPSA) is 66.8 Å². The Hall–Kier alpha value is -1.55. The molecule has 1 aromatic rings. The highest BCUT2D eigenvalue weighted by atomic mass is 16.5. The number of aryl methyl sites for hydroxylation is 1. The first-order valence-corrected chi connectivity index (χ1v) is 8.60. The van der Waals surface area contributed by atoms with Crippen molar-refractivity contribution in [2.45, 2.75) is 71.6 Å². The predicted octanol–water partition coefficient (Wildman–Crippen LogP) is 3.85. The molecule has 1 rings (SSSR count). The Bertz CT molecular complexity index is 527. The molecule has 0 atom stereocenters. The molecular weight excluding hydrogens is 304 g/mol. The predicted molar refractivity (Wildman–Crippen MR) is 96.5 cm³/mol. The van der Waals surface area contributed by atoms with Crippen molar-refractivity contribution in [3.8, 4) is 5.75 Å². The number of esters is 1. The van der Waals surface area contributed by atoms with Crippen molar-refractivity contribution in [2.75, 3.05) is 13.2 Å². The minimum absolute atomic E-state index is 0.0229. The fourth-order valence-corrected chi connectivity index (χ4v) is 2.55. The summed E-state index contributed by atoms with van der Waals surface area (Å²) in [6.45, 7) is 12.7. The van der Waals surface area contributed by atoms with E-state index in [0.717, 1.165) is 16.7 Å². The van der Waals surface area contributed by atoms with E-state index >= 15 is 0 Å². The molecule has 0 aliphatic heterocycles. The first-order valence-electron chi connectivity index (χ1n) is 8.60. The quantitative estimate of drug-likeness (QED) is 0.612. The van der Waals surface area contributed by atoms with Crippen molar-refractivity contribution in [1.29, 1.82) is 0 Å². The highest BCUT2D eigenvalue weighted by molar-refractivity contribution is 5.69. The zero-order valence-electron chi connectivity index (χ0n) is 15.9. The van der Waals surface area contributed by atoms with Crippen molar-refractivity contribution in [2.24, 2.45) is 0 Å². The maximum Gasteiger partial charge on any atom is 0.306 e. The number of rotatable bonds is 6. The number of phenols is 1. The lowest BCUT2D eigenvalue weighted by Gasteiger charge is -2.28. The van der Waals surface area contributed by atoms with Crippen LogP contribution in [0.25, 0.3) is 0 Å². The number of carbonyl (C=O) groups excluding carboxylic acids is 1. The van der Waals surface area contributed by atoms with Crippen LogP contribution >= 0.6 is 0 Å². The van der Waals surface area contributed by atoms with E-state index in [-0.39, 0.29) is 30.0 Å². The molecule has 0 aliphatic carbocycles. The van der Waals surface area contributed by atoms with Gasteiger partial charge in [0.2, 0.25) is 0 Å². The minimum atomic E-state index is -0.258. The Balaban J connectivity index is 3.01. The zero-order chi connectivity index (χ0) is 18.5. The second-order valence-electron chi connectivity index (χ2n) is 8.34. The van der Waals surface area contributed by atoms with Crippen LogP contribution in [0.15, 0.2) is 12.1 Å². The molecule has 4 nitrogen and oxygen atoms in total. The highest BCUT2D eigenvalue weighted by Crippen LogP contribution is 2.39. The molecule has 0 saturated carbocycles. The summed E-state index contributed by atoms with van der Waals surface area (Å²) < 4.78 is 5.07. The molecule has 136 valence electrons. The Labute approximate surface area is 145 Å². The second kappa shape index (κ2) is 8.02. The Morgan fingerprint density at radius 2 is 1.54 bits per heavy atom. The molecule has 0 fully saturated rings. The molecule has 0 aromatic heterocycles. The molecule has 0 unspecified atom stereocenters. The largest absolute Gasteiger partial charge is 0.507 e. The van der Waals surface area contributed by atoms with E-state index in [9.17, 15) is 9.90 Å². The van der Waals surface area contributed by atoms with Crippen LogP contribution in [0, 0.1) is 0 Å². The van der Waals surface area contributed by atoms with Gasteiger partial charge in [0.05, 0.1) is 6.61 Å². The van der Waals surface area contributed by atoms with E-state index in [2.05, 4.69) is 41.5 Å². The molecule has 0 aliphatic rings. The lowest BCUT2D eigenvalue weighted by Crippen LogP contribution is -2.18. The SMILES string of the molecule is CC(C)(C)c1cc(CCC(=O)OCCCO)cc(C(C)(C)C)c1O. The van der Waals surface area contributed by atoms with Gasteiger partial charge in [-0.1, -0.05) is 53.7 Å². The highest BCUT2D eigenvalue weighted by Gasteiger charge is 2.26. The number of aliphatic hydroxyl groups excluding tert-OH is 1. The molecule has 0 radical (unpaired) electrons. The number of carbonyl (C=O) groups is 1. The van der Waals surface area contributed by atoms with Gasteiger partial charge in [-0.05, 0) is 33.9 Å². The lowest BCUT2D eigenvalue weighted by atomic mass is 9.78. The summed E-state index contributed by atoms with van der Waals surface area (Å²) in [7, 11) is 0. The summed E-state index contributed by atoms with van der Waals surface area (Å²) in [6.07, 6.45) is 1.33. The van der Waals surface area contributed by atoms with Gasteiger partial charge < -0.3 is 14.9 Å². The first-order chi connectivity index (χ1) is 11.0. The molecule has 0 saturated heterocycles. The van der Waals surface area contributed by atoms with Crippen molar-refractivity contribution >= 4 is 5.97 Å². The van der Waals surface area contributed by atoms with Crippen molar-refractivity contribution < 1.29 is 19.7 Å². The Morgan fingerprint density at radius 3 is 1.96 bits per heavy atom. The molecule has 24 heavy (non-hydrogen) atoms. The zero-order valence-corrected chi connectivity index (χ0v) is 15.9. The molecule has 0 heterocycles. The fraction of sp³-hybridized carbons (Fsp3) is 0.650. The van der Waals surface area contributed by atoms with Crippen LogP contribution in [0.4, 0.5) is 0 Å². The number of aliphatic hydroxyl groups is 1. The molecule has 0 bridgehead atoms. The summed E-state index contributed by atoms with van der Waals surface area (Å²) >= 11 is 0. The standard InChI is InChI=1S/C20H32O4/c1-19(2,3)15-12-14(8-9-17(22)24-11-7-10-21)13-16(18(15)23)20(4,5)6/h12-13,21,23H,7-11H2,1-6H3. The molecule has 0 amide bonds. The molecule has 4 heteroatoms. The number of aromatic hydroxyl groups is 1. The third-order valence-corrected chi connectivity index (χ3v) is 3.97. The average Bonchev–Trinajstić information content (AvgIpc) is 2.44. The first kappa shape index (κ1) is 20.5. The van der Waals surface area contributed by atoms with Crippen LogP contribution in [0.3, 0.4) is 0 Å². The summed E-state index contributed by atoms with van der Waals surface area (Å²) in [5.41, 5.74) is 2.47. The molecule has 2 N–H and O–H groups in total. The van der Waals surface area contributed by atoms with Gasteiger partial charge in [0.25, 0.3) is 0 Å². The summed E-state index contributed by atoms with van der Waals surface area (Å²) in [5.74, 6) is 0.0930. The van der Waals surface area contributed by atoms with Crippen LogP contribution < -0.4 is 0 Å². The van der Waals surface area contributed by atoms with Gasteiger partial charge in [-0.3, -0.25) is 4.79 Å². The third-order valence-electron chi connectivity index (χ3n) is 3.97. The Kier molecular flexibility index (Phi) is 6.85. The van der Waals surface area contributed by atoms with E-state index in [0.29, 0.717) is 25.0 Å². The van der Waals surface area contributed by atoms with Gasteiger partial charge in [0.15, 0.2) is 0 Å². The summed E-state index contributed by atoms with van der Waals surface area (Å²) in [4.78, 5) is 11.8. The normalized spacial score (nSPS) is 12.3. The molecule has 0 spiro atoms. The molecular formula is C20H32O4. The second-order valence-corrected chi connectivity index (χ2v) is 8.34. The van der Waals surface area contributed by atoms with Gasteiger partial charge in [0, 0.05) is 19.4 Å². The monoisotopic (exact) mass is 336 g/mol. The van der Waals surface area contributed by atoms with Crippen LogP contribution in [0.2, 0.25) is 0 Å². The van der Waals surface area contributed by atoms with Gasteiger partial charge in [-0.25, -0.2) is 0 Å². The van der Waals surface area contributed by atoms with Crippen molar-refractivity contribution in [3.05, 3.63) is 28.8 Å². The van der Waals surface area contributed by atoms with Crippen LogP contribution in [-0.2, 0) is 26.8 Å². The van der Waals surface area contributed by atoms with E-state index in [1.54, 1.807) is 0 Å². The summed E-state index contributed by atoms with van der Waals surface area (Å²) in [6, 6.07) is 3.98. The lowest BCUT2D eigenvalue weighted by molar-refractivity contribution is -0.143. The summed E-state index contributed by atoms with van der Waals surface area (Å²) in [5, 5.41) is 19.4. The average molecular weight is 336 g/mol. The number of phenolic OH excluding ortho intramolecular Hbond substituents is 1. The van der Waals surface area contributed by atoms with E-state index < -0.39 is 0 Å². The number of hydrogen-bond donors (Lipinski definition) is 2. The maximum absolute atomic E-state index is 11.8. The number of benzene rings is 1. The number of hydrogen-bond acceptors (Lipinski definition) is 4. The maximum atomic E-state index is 11.8. The van der Waals surface area contributed by atoms with Crippen LogP contribution in [0.5, 0.6) is 5.75 Å².